The van der Waals surface area contributed by atoms with Gasteiger partial charge in [-0.15, -0.1) is 0 Å². The van der Waals surface area contributed by atoms with Crippen molar-refractivity contribution < 1.29 is 19.4 Å². The molecule has 2 heterocycles. The molecule has 130 valence electrons. The van der Waals surface area contributed by atoms with Gasteiger partial charge in [0.2, 0.25) is 0 Å². The number of fused-ring (bicyclic) bond motifs is 1. The first-order chi connectivity index (χ1) is 10.7. The number of carboxylic acid groups (broad SMARTS) is 1. The average molecular weight is 325 g/mol. The lowest BCUT2D eigenvalue weighted by atomic mass is 10.2. The number of carboxylic acids is 1. The molecule has 0 atom stereocenters. The molecule has 23 heavy (non-hydrogen) atoms. The highest BCUT2D eigenvalue weighted by Gasteiger charge is 2.29. The molecule has 0 unspecified atom stereocenters. The van der Waals surface area contributed by atoms with Crippen LogP contribution in [0.1, 0.15) is 63.0 Å². The standard InChI is InChI=1S/C14H21N3O4.C2H6/c1-9-15-11(12(18)19)10-8-16(6-5-7-17(9)10)13(20)21-14(2,3)4;1-2/h5-8H2,1-4H3,(H,18,19);1-2H3. The molecule has 0 bridgehead atoms. The van der Waals surface area contributed by atoms with Crippen molar-refractivity contribution in [2.75, 3.05) is 6.54 Å². The van der Waals surface area contributed by atoms with Gasteiger partial charge in [0, 0.05) is 13.1 Å². The molecular formula is C16H27N3O4. The summed E-state index contributed by atoms with van der Waals surface area (Å²) in [5, 5.41) is 9.25. The van der Waals surface area contributed by atoms with Gasteiger partial charge in [0.05, 0.1) is 12.2 Å². The number of hydrogen-bond donors (Lipinski definition) is 1. The van der Waals surface area contributed by atoms with Crippen LogP contribution < -0.4 is 0 Å². The lowest BCUT2D eigenvalue weighted by Gasteiger charge is -2.26. The molecule has 1 aliphatic heterocycles. The van der Waals surface area contributed by atoms with Crippen molar-refractivity contribution in [3.8, 4) is 0 Å². The van der Waals surface area contributed by atoms with Crippen LogP contribution in [0.25, 0.3) is 0 Å². The quantitative estimate of drug-likeness (QED) is 0.858. The van der Waals surface area contributed by atoms with E-state index in [0.29, 0.717) is 24.6 Å². The van der Waals surface area contributed by atoms with Crippen molar-refractivity contribution in [1.29, 1.82) is 0 Å². The van der Waals surface area contributed by atoms with Crippen LogP contribution in [0.5, 0.6) is 0 Å². The van der Waals surface area contributed by atoms with Crippen molar-refractivity contribution in [3.63, 3.8) is 0 Å². The van der Waals surface area contributed by atoms with E-state index in [0.717, 1.165) is 6.42 Å². The summed E-state index contributed by atoms with van der Waals surface area (Å²) in [6.45, 7) is 12.6. The maximum absolute atomic E-state index is 12.2. The molecule has 7 heteroatoms. The Morgan fingerprint density at radius 3 is 2.35 bits per heavy atom. The van der Waals surface area contributed by atoms with E-state index in [2.05, 4.69) is 4.98 Å². The number of ether oxygens (including phenoxy) is 1. The number of carbonyl (C=O) groups is 2. The van der Waals surface area contributed by atoms with Crippen molar-refractivity contribution in [2.45, 2.75) is 66.7 Å². The highest BCUT2D eigenvalue weighted by atomic mass is 16.6. The molecule has 1 aromatic rings. The van der Waals surface area contributed by atoms with E-state index in [1.165, 1.54) is 4.90 Å². The summed E-state index contributed by atoms with van der Waals surface area (Å²) in [7, 11) is 0. The summed E-state index contributed by atoms with van der Waals surface area (Å²) in [6.07, 6.45) is 0.314. The van der Waals surface area contributed by atoms with Gasteiger partial charge in [0.15, 0.2) is 5.69 Å². The van der Waals surface area contributed by atoms with Gasteiger partial charge in [-0.2, -0.15) is 0 Å². The maximum Gasteiger partial charge on any atom is 0.410 e. The molecule has 1 aromatic heterocycles. The topological polar surface area (TPSA) is 84.7 Å². The Balaban J connectivity index is 0.00000127. The van der Waals surface area contributed by atoms with Gasteiger partial charge in [-0.3, -0.25) is 0 Å². The largest absolute Gasteiger partial charge is 0.476 e. The second-order valence-electron chi connectivity index (χ2n) is 6.17. The third kappa shape index (κ3) is 4.71. The zero-order valence-electron chi connectivity index (χ0n) is 14.8. The molecule has 7 nitrogen and oxygen atoms in total. The predicted molar refractivity (Wildman–Crippen MR) is 86.5 cm³/mol. The number of rotatable bonds is 1. The van der Waals surface area contributed by atoms with Gasteiger partial charge in [-0.05, 0) is 34.1 Å². The minimum Gasteiger partial charge on any atom is -0.476 e. The van der Waals surface area contributed by atoms with Gasteiger partial charge in [-0.25, -0.2) is 14.6 Å². The molecule has 0 spiro atoms. The lowest BCUT2D eigenvalue weighted by molar-refractivity contribution is 0.0234. The summed E-state index contributed by atoms with van der Waals surface area (Å²) >= 11 is 0. The predicted octanol–water partition coefficient (Wildman–Crippen LogP) is 3.06. The zero-order valence-corrected chi connectivity index (χ0v) is 14.8. The van der Waals surface area contributed by atoms with Gasteiger partial charge in [0.25, 0.3) is 0 Å². The zero-order chi connectivity index (χ0) is 17.8. The molecule has 0 saturated carbocycles. The monoisotopic (exact) mass is 325 g/mol. The molecule has 1 N–H and O–H groups in total. The lowest BCUT2D eigenvalue weighted by Crippen LogP contribution is -2.36. The van der Waals surface area contributed by atoms with Gasteiger partial charge in [0.1, 0.15) is 11.4 Å². The van der Waals surface area contributed by atoms with E-state index < -0.39 is 17.7 Å². The molecule has 1 aliphatic rings. The van der Waals surface area contributed by atoms with Crippen LogP contribution in [0.15, 0.2) is 0 Å². The summed E-state index contributed by atoms with van der Waals surface area (Å²) in [6, 6.07) is 0. The highest BCUT2D eigenvalue weighted by molar-refractivity contribution is 5.87. The molecule has 2 rings (SSSR count). The number of amides is 1. The fourth-order valence-corrected chi connectivity index (χ4v) is 2.40. The SMILES string of the molecule is CC.Cc1nc(C(=O)O)c2n1CCCN(C(=O)OC(C)(C)C)C2. The Morgan fingerprint density at radius 1 is 1.22 bits per heavy atom. The second kappa shape index (κ2) is 7.48. The van der Waals surface area contributed by atoms with E-state index in [4.69, 9.17) is 4.74 Å². The van der Waals surface area contributed by atoms with E-state index in [1.54, 1.807) is 27.7 Å². The third-order valence-electron chi connectivity index (χ3n) is 3.27. The van der Waals surface area contributed by atoms with Gasteiger partial charge in [-0.1, -0.05) is 13.8 Å². The Kier molecular flexibility index (Phi) is 6.18. The van der Waals surface area contributed by atoms with Gasteiger partial charge < -0.3 is 19.3 Å². The molecule has 0 radical (unpaired) electrons. The summed E-state index contributed by atoms with van der Waals surface area (Å²) in [5.41, 5.74) is 0.00106. The van der Waals surface area contributed by atoms with E-state index >= 15 is 0 Å². The number of carbonyl (C=O) groups excluding carboxylic acids is 1. The van der Waals surface area contributed by atoms with E-state index in [1.807, 2.05) is 18.4 Å². The summed E-state index contributed by atoms with van der Waals surface area (Å²) < 4.78 is 7.23. The highest BCUT2D eigenvalue weighted by Crippen LogP contribution is 2.21. The third-order valence-corrected chi connectivity index (χ3v) is 3.27. The van der Waals surface area contributed by atoms with Crippen molar-refractivity contribution in [2.24, 2.45) is 0 Å². The number of imidazole rings is 1. The van der Waals surface area contributed by atoms with Crippen LogP contribution in [0.3, 0.4) is 0 Å². The number of aromatic carboxylic acids is 1. The Hall–Kier alpha value is -2.05. The first-order valence-electron chi connectivity index (χ1n) is 7.96. The Bertz CT molecular complexity index is 573. The fourth-order valence-electron chi connectivity index (χ4n) is 2.40. The average Bonchev–Trinajstić information content (AvgIpc) is 2.63. The molecule has 0 saturated heterocycles. The molecule has 0 aliphatic carbocycles. The molecular weight excluding hydrogens is 298 g/mol. The minimum atomic E-state index is -1.07. The molecule has 0 fully saturated rings. The van der Waals surface area contributed by atoms with Gasteiger partial charge >= 0.3 is 12.1 Å². The van der Waals surface area contributed by atoms with Crippen LogP contribution in [0.2, 0.25) is 0 Å². The number of hydrogen-bond acceptors (Lipinski definition) is 4. The van der Waals surface area contributed by atoms with Crippen molar-refractivity contribution >= 4 is 12.1 Å². The first-order valence-corrected chi connectivity index (χ1v) is 7.96. The fraction of sp³-hybridized carbons (Fsp3) is 0.688. The number of aromatic nitrogens is 2. The molecule has 1 amide bonds. The second-order valence-corrected chi connectivity index (χ2v) is 6.17. The summed E-state index contributed by atoms with van der Waals surface area (Å²) in [4.78, 5) is 29.1. The smallest absolute Gasteiger partial charge is 0.410 e. The van der Waals surface area contributed by atoms with E-state index in [9.17, 15) is 14.7 Å². The van der Waals surface area contributed by atoms with Crippen molar-refractivity contribution in [3.05, 3.63) is 17.2 Å². The van der Waals surface area contributed by atoms with E-state index in [-0.39, 0.29) is 12.2 Å². The number of aryl methyl sites for hydroxylation is 1. The summed E-state index contributed by atoms with van der Waals surface area (Å²) in [5.74, 6) is -0.411. The van der Waals surface area contributed by atoms with Crippen LogP contribution in [-0.4, -0.2) is 43.8 Å². The van der Waals surface area contributed by atoms with Crippen LogP contribution in [0, 0.1) is 6.92 Å². The Labute approximate surface area is 137 Å². The van der Waals surface area contributed by atoms with Crippen LogP contribution in [-0.2, 0) is 17.8 Å². The Morgan fingerprint density at radius 2 is 1.83 bits per heavy atom. The van der Waals surface area contributed by atoms with Crippen LogP contribution >= 0.6 is 0 Å². The first kappa shape index (κ1) is 19.0. The maximum atomic E-state index is 12.2. The van der Waals surface area contributed by atoms with Crippen molar-refractivity contribution in [1.82, 2.24) is 14.5 Å². The number of nitrogens with zero attached hydrogens (tertiary/aromatic N) is 3. The normalized spacial score (nSPS) is 14.3. The van der Waals surface area contributed by atoms with Crippen LogP contribution in [0.4, 0.5) is 4.79 Å². The molecule has 0 aromatic carbocycles. The minimum absolute atomic E-state index is 0.0166.